The number of hydrogen-bond acceptors (Lipinski definition) is 2. The van der Waals surface area contributed by atoms with Gasteiger partial charge in [0.2, 0.25) is 0 Å². The zero-order valence-electron chi connectivity index (χ0n) is 14.9. The van der Waals surface area contributed by atoms with Gasteiger partial charge in [-0.2, -0.15) is 17.6 Å². The zero-order chi connectivity index (χ0) is 19.7. The molecule has 0 N–H and O–H groups in total. The van der Waals surface area contributed by atoms with E-state index in [0.717, 1.165) is 9.79 Å². The molecule has 0 radical (unpaired) electrons. The minimum absolute atomic E-state index is 0.380. The van der Waals surface area contributed by atoms with Gasteiger partial charge < -0.3 is 0 Å². The summed E-state index contributed by atoms with van der Waals surface area (Å²) < 4.78 is 57.9. The first-order valence-electron chi connectivity index (χ1n) is 8.98. The Balaban J connectivity index is 1.79. The number of allylic oxidation sites excluding steroid dienone is 2. The van der Waals surface area contributed by atoms with Gasteiger partial charge in [-0.05, 0) is 48.3 Å². The van der Waals surface area contributed by atoms with Gasteiger partial charge in [-0.3, -0.25) is 0 Å². The van der Waals surface area contributed by atoms with Crippen LogP contribution in [0.2, 0.25) is 0 Å². The Labute approximate surface area is 168 Å². The first-order valence-corrected chi connectivity index (χ1v) is 10.6. The first kappa shape index (κ1) is 17.2. The lowest BCUT2D eigenvalue weighted by Crippen LogP contribution is -2.61. The number of benzene rings is 2. The molecule has 2 aromatic carbocycles. The molecule has 0 aromatic heterocycles. The molecule has 2 aliphatic heterocycles. The molecule has 2 aromatic rings. The molecule has 2 atom stereocenters. The lowest BCUT2D eigenvalue weighted by Gasteiger charge is -2.54. The van der Waals surface area contributed by atoms with Crippen LogP contribution in [0.15, 0.2) is 69.5 Å². The highest BCUT2D eigenvalue weighted by Crippen LogP contribution is 2.78. The Kier molecular flexibility index (Phi) is 2.91. The maximum atomic E-state index is 14.9. The molecule has 1 saturated carbocycles. The highest BCUT2D eigenvalue weighted by Gasteiger charge is 2.79. The lowest BCUT2D eigenvalue weighted by molar-refractivity contribution is -0.193. The molecule has 142 valence electrons. The molecular formula is C22H14F4S2. The second kappa shape index (κ2) is 4.73. The van der Waals surface area contributed by atoms with Gasteiger partial charge in [0.25, 0.3) is 0 Å². The van der Waals surface area contributed by atoms with Gasteiger partial charge in [-0.25, -0.2) is 0 Å². The lowest BCUT2D eigenvalue weighted by atomic mass is 9.59. The van der Waals surface area contributed by atoms with Crippen molar-refractivity contribution in [2.75, 3.05) is 0 Å². The van der Waals surface area contributed by atoms with Gasteiger partial charge in [0.1, 0.15) is 0 Å². The molecule has 2 unspecified atom stereocenters. The molecule has 2 heterocycles. The van der Waals surface area contributed by atoms with Crippen LogP contribution >= 0.6 is 23.5 Å². The van der Waals surface area contributed by atoms with Crippen molar-refractivity contribution < 1.29 is 17.6 Å². The topological polar surface area (TPSA) is 0 Å². The number of fused-ring (bicyclic) bond motifs is 8. The van der Waals surface area contributed by atoms with E-state index in [1.54, 1.807) is 24.3 Å². The molecule has 0 nitrogen and oxygen atoms in total. The van der Waals surface area contributed by atoms with Crippen molar-refractivity contribution >= 4 is 34.7 Å². The molecule has 6 heteroatoms. The van der Waals surface area contributed by atoms with E-state index in [2.05, 4.69) is 0 Å². The van der Waals surface area contributed by atoms with Crippen LogP contribution in [0.5, 0.6) is 0 Å². The van der Waals surface area contributed by atoms with E-state index in [1.165, 1.54) is 23.5 Å². The van der Waals surface area contributed by atoms with Crippen molar-refractivity contribution in [3.05, 3.63) is 70.8 Å². The summed E-state index contributed by atoms with van der Waals surface area (Å²) in [5.74, 6) is -8.32. The van der Waals surface area contributed by atoms with Crippen molar-refractivity contribution in [3.8, 4) is 0 Å². The fourth-order valence-corrected chi connectivity index (χ4v) is 8.33. The van der Waals surface area contributed by atoms with Crippen molar-refractivity contribution in [2.45, 2.75) is 45.0 Å². The Morgan fingerprint density at radius 1 is 0.571 bits per heavy atom. The predicted molar refractivity (Wildman–Crippen MR) is 105 cm³/mol. The Hall–Kier alpha value is -1.66. The molecule has 28 heavy (non-hydrogen) atoms. The van der Waals surface area contributed by atoms with E-state index in [9.17, 15) is 17.6 Å². The largest absolute Gasteiger partial charge is 0.340 e. The fraction of sp³-hybridized carbons (Fsp3) is 0.273. The molecule has 0 bridgehead atoms. The maximum Gasteiger partial charge on any atom is 0.340 e. The van der Waals surface area contributed by atoms with Gasteiger partial charge in [-0.1, -0.05) is 36.4 Å². The van der Waals surface area contributed by atoms with Crippen molar-refractivity contribution in [3.63, 3.8) is 0 Å². The van der Waals surface area contributed by atoms with E-state index in [0.29, 0.717) is 22.3 Å². The van der Waals surface area contributed by atoms with Gasteiger partial charge in [-0.15, -0.1) is 23.5 Å². The smallest absolute Gasteiger partial charge is 0.194 e. The number of rotatable bonds is 0. The van der Waals surface area contributed by atoms with Crippen LogP contribution in [-0.4, -0.2) is 21.3 Å². The van der Waals surface area contributed by atoms with E-state index < -0.39 is 32.5 Å². The van der Waals surface area contributed by atoms with E-state index in [4.69, 9.17) is 0 Å². The van der Waals surface area contributed by atoms with Crippen LogP contribution in [-0.2, 0) is 0 Å². The van der Waals surface area contributed by atoms with Gasteiger partial charge in [0.15, 0.2) is 0 Å². The Bertz CT molecular complexity index is 1070. The highest BCUT2D eigenvalue weighted by molar-refractivity contribution is 8.06. The van der Waals surface area contributed by atoms with Crippen molar-refractivity contribution in [1.29, 1.82) is 0 Å². The molecule has 4 aliphatic rings. The summed E-state index contributed by atoms with van der Waals surface area (Å²) in [6.07, 6.45) is 0. The molecule has 0 saturated heterocycles. The number of halogens is 4. The Morgan fingerprint density at radius 3 is 1.32 bits per heavy atom. The van der Waals surface area contributed by atoms with Crippen molar-refractivity contribution in [1.82, 2.24) is 0 Å². The average Bonchev–Trinajstić information content (AvgIpc) is 3.12. The molecule has 1 fully saturated rings. The number of hydrogen-bond donors (Lipinski definition) is 0. The summed E-state index contributed by atoms with van der Waals surface area (Å²) in [6.45, 7) is 3.87. The second-order valence-electron chi connectivity index (χ2n) is 7.91. The number of alkyl halides is 4. The summed E-state index contributed by atoms with van der Waals surface area (Å²) in [5.41, 5.74) is 1.17. The Morgan fingerprint density at radius 2 is 0.929 bits per heavy atom. The van der Waals surface area contributed by atoms with Crippen LogP contribution in [0.1, 0.15) is 25.0 Å². The third kappa shape index (κ3) is 1.56. The van der Waals surface area contributed by atoms with E-state index >= 15 is 0 Å². The van der Waals surface area contributed by atoms with E-state index in [-0.39, 0.29) is 0 Å². The molecule has 0 spiro atoms. The first-order chi connectivity index (χ1) is 13.1. The third-order valence-electron chi connectivity index (χ3n) is 6.58. The molecule has 2 aliphatic carbocycles. The van der Waals surface area contributed by atoms with Gasteiger partial charge in [0, 0.05) is 20.9 Å². The minimum atomic E-state index is -4.16. The molecular weight excluding hydrogens is 404 g/mol. The van der Waals surface area contributed by atoms with Crippen LogP contribution in [0.3, 0.4) is 0 Å². The summed E-state index contributed by atoms with van der Waals surface area (Å²) in [6, 6.07) is 14.6. The molecule has 0 amide bonds. The maximum absolute atomic E-state index is 14.9. The second-order valence-corrected chi connectivity index (χ2v) is 10.8. The summed E-state index contributed by atoms with van der Waals surface area (Å²) >= 11 is 3.04. The fourth-order valence-electron chi connectivity index (χ4n) is 5.13. The molecule has 6 rings (SSSR count). The minimum Gasteiger partial charge on any atom is -0.194 e. The number of thioether (sulfide) groups is 2. The summed E-state index contributed by atoms with van der Waals surface area (Å²) in [4.78, 5) is 1.74. The van der Waals surface area contributed by atoms with Gasteiger partial charge in [0.05, 0.1) is 9.49 Å². The third-order valence-corrected chi connectivity index (χ3v) is 9.90. The van der Waals surface area contributed by atoms with E-state index in [1.807, 2.05) is 38.1 Å². The monoisotopic (exact) mass is 418 g/mol. The quantitative estimate of drug-likeness (QED) is 0.426. The summed E-state index contributed by atoms with van der Waals surface area (Å²) in [5, 5.41) is 0. The van der Waals surface area contributed by atoms with Gasteiger partial charge >= 0.3 is 11.8 Å². The van der Waals surface area contributed by atoms with Crippen molar-refractivity contribution in [2.24, 2.45) is 0 Å². The van der Waals surface area contributed by atoms with Crippen LogP contribution in [0.4, 0.5) is 17.6 Å². The normalized spacial score (nSPS) is 32.9. The van der Waals surface area contributed by atoms with Crippen LogP contribution in [0, 0.1) is 0 Å². The zero-order valence-corrected chi connectivity index (χ0v) is 16.6. The van der Waals surface area contributed by atoms with Crippen LogP contribution < -0.4 is 0 Å². The SMILES string of the molecule is CC12Sc3ccccc3C1=C1C(=C3c4ccccc4SC32C)C(F)(F)C1(F)F. The highest BCUT2D eigenvalue weighted by atomic mass is 32.2. The standard InChI is InChI=1S/C22H14F4S2/c1-19-15(11-7-3-5-9-13(11)27-19)17-18(22(25,26)21(17,23)24)16-12-8-4-6-10-14(12)28-20(16,19)2/h3-10H,1-2H3. The van der Waals surface area contributed by atoms with Crippen LogP contribution in [0.25, 0.3) is 11.1 Å². The predicted octanol–water partition coefficient (Wildman–Crippen LogP) is 6.92. The average molecular weight is 418 g/mol. The summed E-state index contributed by atoms with van der Waals surface area (Å²) in [7, 11) is 0.